The first kappa shape index (κ1) is 20.6. The summed E-state index contributed by atoms with van der Waals surface area (Å²) in [6.07, 6.45) is 1.99. The van der Waals surface area contributed by atoms with Crippen LogP contribution < -0.4 is 10.6 Å². The molecule has 1 aliphatic carbocycles. The molecule has 1 aliphatic heterocycles. The van der Waals surface area contributed by atoms with Gasteiger partial charge < -0.3 is 15.5 Å². The van der Waals surface area contributed by atoms with E-state index in [1.165, 1.54) is 0 Å². The standard InChI is InChI=1S/C21H32FN5O/c1-16(2)25-19(28)14-26-10-12-27(13-11-26)20(23-3)24-15-21(8-9-21)17-6-4-5-7-18(17)22/h4-7,16H,8-15H2,1-3H3,(H,23,24)(H,25,28). The molecule has 0 aromatic heterocycles. The first-order chi connectivity index (χ1) is 13.4. The van der Waals surface area contributed by atoms with E-state index >= 15 is 0 Å². The highest BCUT2D eigenvalue weighted by Gasteiger charge is 2.46. The second-order valence-corrected chi connectivity index (χ2v) is 8.15. The molecule has 0 radical (unpaired) electrons. The number of carbonyl (C=O) groups is 1. The Morgan fingerprint density at radius 3 is 2.46 bits per heavy atom. The van der Waals surface area contributed by atoms with Crippen molar-refractivity contribution in [2.75, 3.05) is 46.3 Å². The minimum Gasteiger partial charge on any atom is -0.355 e. The number of aliphatic imine (C=N–C) groups is 1. The Hall–Kier alpha value is -2.15. The summed E-state index contributed by atoms with van der Waals surface area (Å²) in [6, 6.07) is 7.25. The Labute approximate surface area is 167 Å². The number of amides is 1. The maximum Gasteiger partial charge on any atom is 0.234 e. The van der Waals surface area contributed by atoms with Crippen molar-refractivity contribution in [1.29, 1.82) is 0 Å². The largest absolute Gasteiger partial charge is 0.355 e. The highest BCUT2D eigenvalue weighted by molar-refractivity contribution is 5.80. The van der Waals surface area contributed by atoms with Gasteiger partial charge >= 0.3 is 0 Å². The van der Waals surface area contributed by atoms with E-state index in [1.807, 2.05) is 26.0 Å². The number of hydrogen-bond acceptors (Lipinski definition) is 3. The summed E-state index contributed by atoms with van der Waals surface area (Å²) in [5.41, 5.74) is 0.692. The van der Waals surface area contributed by atoms with Crippen molar-refractivity contribution < 1.29 is 9.18 Å². The molecular weight excluding hydrogens is 357 g/mol. The summed E-state index contributed by atoms with van der Waals surface area (Å²) >= 11 is 0. The molecule has 1 saturated heterocycles. The van der Waals surface area contributed by atoms with Crippen molar-refractivity contribution in [3.05, 3.63) is 35.6 Å². The van der Waals surface area contributed by atoms with Gasteiger partial charge in [0.1, 0.15) is 5.82 Å². The zero-order valence-corrected chi connectivity index (χ0v) is 17.2. The Morgan fingerprint density at radius 1 is 1.21 bits per heavy atom. The molecule has 1 amide bonds. The van der Waals surface area contributed by atoms with Crippen LogP contribution in [0.5, 0.6) is 0 Å². The van der Waals surface area contributed by atoms with Gasteiger partial charge in [0.15, 0.2) is 5.96 Å². The van der Waals surface area contributed by atoms with E-state index in [1.54, 1.807) is 19.2 Å². The fourth-order valence-corrected chi connectivity index (χ4v) is 3.85. The topological polar surface area (TPSA) is 60.0 Å². The number of hydrogen-bond donors (Lipinski definition) is 2. The van der Waals surface area contributed by atoms with Crippen molar-refractivity contribution in [2.45, 2.75) is 38.1 Å². The third kappa shape index (κ3) is 5.01. The number of nitrogens with zero attached hydrogens (tertiary/aromatic N) is 3. The molecule has 7 heteroatoms. The van der Waals surface area contributed by atoms with E-state index < -0.39 is 0 Å². The predicted molar refractivity (Wildman–Crippen MR) is 110 cm³/mol. The van der Waals surface area contributed by atoms with E-state index in [0.29, 0.717) is 13.1 Å². The van der Waals surface area contributed by atoms with Crippen LogP contribution in [0.4, 0.5) is 4.39 Å². The van der Waals surface area contributed by atoms with Crippen LogP contribution in [0.1, 0.15) is 32.3 Å². The van der Waals surface area contributed by atoms with Crippen LogP contribution in [0.15, 0.2) is 29.3 Å². The monoisotopic (exact) mass is 389 g/mol. The Morgan fingerprint density at radius 2 is 1.89 bits per heavy atom. The van der Waals surface area contributed by atoms with E-state index in [9.17, 15) is 9.18 Å². The molecule has 1 heterocycles. The number of carbonyl (C=O) groups excluding carboxylic acids is 1. The third-order valence-electron chi connectivity index (χ3n) is 5.58. The van der Waals surface area contributed by atoms with Gasteiger partial charge in [0.2, 0.25) is 5.91 Å². The molecular formula is C21H32FN5O. The summed E-state index contributed by atoms with van der Waals surface area (Å²) in [5, 5.41) is 6.40. The van der Waals surface area contributed by atoms with Gasteiger partial charge in [-0.2, -0.15) is 0 Å². The quantitative estimate of drug-likeness (QED) is 0.573. The molecule has 2 N–H and O–H groups in total. The summed E-state index contributed by atoms with van der Waals surface area (Å²) < 4.78 is 14.2. The van der Waals surface area contributed by atoms with Crippen molar-refractivity contribution in [2.24, 2.45) is 4.99 Å². The van der Waals surface area contributed by atoms with Gasteiger partial charge in [-0.25, -0.2) is 4.39 Å². The Kier molecular flexibility index (Phi) is 6.54. The first-order valence-corrected chi connectivity index (χ1v) is 10.2. The lowest BCUT2D eigenvalue weighted by Gasteiger charge is -2.36. The number of guanidine groups is 1. The highest BCUT2D eigenvalue weighted by atomic mass is 19.1. The lowest BCUT2D eigenvalue weighted by atomic mass is 9.95. The number of benzene rings is 1. The van der Waals surface area contributed by atoms with Crippen LogP contribution in [0, 0.1) is 5.82 Å². The smallest absolute Gasteiger partial charge is 0.234 e. The van der Waals surface area contributed by atoms with Gasteiger partial charge in [-0.1, -0.05) is 18.2 Å². The lowest BCUT2D eigenvalue weighted by Crippen LogP contribution is -2.54. The molecule has 2 fully saturated rings. The Bertz CT molecular complexity index is 709. The third-order valence-corrected chi connectivity index (χ3v) is 5.58. The zero-order chi connectivity index (χ0) is 20.1. The molecule has 0 unspecified atom stereocenters. The predicted octanol–water partition coefficient (Wildman–Crippen LogP) is 1.57. The second kappa shape index (κ2) is 8.90. The van der Waals surface area contributed by atoms with Crippen LogP contribution in [0.25, 0.3) is 0 Å². The van der Waals surface area contributed by atoms with Crippen LogP contribution in [0.2, 0.25) is 0 Å². The molecule has 6 nitrogen and oxygen atoms in total. The van der Waals surface area contributed by atoms with Crippen LogP contribution in [0.3, 0.4) is 0 Å². The van der Waals surface area contributed by atoms with Crippen molar-refractivity contribution in [3.8, 4) is 0 Å². The average Bonchev–Trinajstić information content (AvgIpc) is 3.44. The normalized spacial score (nSPS) is 19.6. The van der Waals surface area contributed by atoms with Crippen molar-refractivity contribution >= 4 is 11.9 Å². The first-order valence-electron chi connectivity index (χ1n) is 10.2. The van der Waals surface area contributed by atoms with Gasteiger partial charge in [0, 0.05) is 51.2 Å². The van der Waals surface area contributed by atoms with E-state index in [4.69, 9.17) is 0 Å². The van der Waals surface area contributed by atoms with Gasteiger partial charge in [0.25, 0.3) is 0 Å². The van der Waals surface area contributed by atoms with Crippen molar-refractivity contribution in [3.63, 3.8) is 0 Å². The van der Waals surface area contributed by atoms with Crippen LogP contribution in [-0.2, 0) is 10.2 Å². The fraction of sp³-hybridized carbons (Fsp3) is 0.619. The maximum atomic E-state index is 14.2. The van der Waals surface area contributed by atoms with Crippen LogP contribution >= 0.6 is 0 Å². The minimum atomic E-state index is -0.120. The molecule has 0 atom stereocenters. The van der Waals surface area contributed by atoms with Gasteiger partial charge in [-0.05, 0) is 38.3 Å². The molecule has 0 bridgehead atoms. The zero-order valence-electron chi connectivity index (χ0n) is 17.2. The van der Waals surface area contributed by atoms with Gasteiger partial charge in [0.05, 0.1) is 6.54 Å². The maximum absolute atomic E-state index is 14.2. The molecule has 2 aliphatic rings. The molecule has 154 valence electrons. The lowest BCUT2D eigenvalue weighted by molar-refractivity contribution is -0.123. The summed E-state index contributed by atoms with van der Waals surface area (Å²) in [6.45, 7) is 8.36. The summed E-state index contributed by atoms with van der Waals surface area (Å²) in [7, 11) is 1.79. The highest BCUT2D eigenvalue weighted by Crippen LogP contribution is 2.48. The minimum absolute atomic E-state index is 0.0755. The van der Waals surface area contributed by atoms with E-state index in [-0.39, 0.29) is 23.2 Å². The number of nitrogens with one attached hydrogen (secondary N) is 2. The van der Waals surface area contributed by atoms with E-state index in [0.717, 1.165) is 50.5 Å². The fourth-order valence-electron chi connectivity index (χ4n) is 3.85. The van der Waals surface area contributed by atoms with Gasteiger partial charge in [-0.15, -0.1) is 0 Å². The molecule has 28 heavy (non-hydrogen) atoms. The molecule has 1 aromatic rings. The molecule has 1 aromatic carbocycles. The summed E-state index contributed by atoms with van der Waals surface area (Å²) in [4.78, 5) is 20.8. The molecule has 0 spiro atoms. The molecule has 1 saturated carbocycles. The second-order valence-electron chi connectivity index (χ2n) is 8.15. The number of piperazine rings is 1. The van der Waals surface area contributed by atoms with Crippen molar-refractivity contribution in [1.82, 2.24) is 20.4 Å². The SMILES string of the molecule is CN=C(NCC1(c2ccccc2F)CC1)N1CCN(CC(=O)NC(C)C)CC1. The van der Waals surface area contributed by atoms with Crippen LogP contribution in [-0.4, -0.2) is 74.0 Å². The average molecular weight is 390 g/mol. The Balaban J connectivity index is 1.49. The van der Waals surface area contributed by atoms with Gasteiger partial charge in [-0.3, -0.25) is 14.7 Å². The molecule has 3 rings (SSSR count). The number of halogens is 1. The summed E-state index contributed by atoms with van der Waals surface area (Å²) in [5.74, 6) is 0.811. The van der Waals surface area contributed by atoms with E-state index in [2.05, 4.69) is 25.4 Å². The number of rotatable bonds is 6.